The van der Waals surface area contributed by atoms with Gasteiger partial charge in [-0.3, -0.25) is 0 Å². The minimum absolute atomic E-state index is 0.244. The van der Waals surface area contributed by atoms with E-state index in [1.165, 1.54) is 12.1 Å². The molecule has 0 radical (unpaired) electrons. The number of aromatic nitrogens is 1. The van der Waals surface area contributed by atoms with Crippen LogP contribution in [-0.4, -0.2) is 11.5 Å². The highest BCUT2D eigenvalue weighted by atomic mass is 19.1. The molecule has 16 heavy (non-hydrogen) atoms. The number of aromatic amines is 1. The van der Waals surface area contributed by atoms with E-state index in [0.717, 1.165) is 11.6 Å². The number of hydrogen-bond donors (Lipinski definition) is 2. The van der Waals surface area contributed by atoms with E-state index in [1.807, 2.05) is 6.07 Å². The molecule has 0 bridgehead atoms. The lowest BCUT2D eigenvalue weighted by molar-refractivity contribution is 0.564. The van der Waals surface area contributed by atoms with E-state index < -0.39 is 11.6 Å². The van der Waals surface area contributed by atoms with E-state index in [9.17, 15) is 8.78 Å². The summed E-state index contributed by atoms with van der Waals surface area (Å²) in [6, 6.07) is 5.40. The Morgan fingerprint density at radius 3 is 2.62 bits per heavy atom. The van der Waals surface area contributed by atoms with Gasteiger partial charge in [0.05, 0.1) is 0 Å². The standard InChI is InChI=1S/C12H12F2N2/c13-9-1-2-10(12(14)5-9)11(6-15)8-3-4-16-7-8/h1-5,7,11,16H,6,15H2. The van der Waals surface area contributed by atoms with Crippen LogP contribution in [-0.2, 0) is 0 Å². The maximum absolute atomic E-state index is 13.6. The molecule has 0 saturated carbocycles. The smallest absolute Gasteiger partial charge is 0.129 e. The fraction of sp³-hybridized carbons (Fsp3) is 0.167. The summed E-state index contributed by atoms with van der Waals surface area (Å²) in [5.41, 5.74) is 6.94. The molecule has 0 saturated heterocycles. The molecule has 0 amide bonds. The van der Waals surface area contributed by atoms with Gasteiger partial charge in [0, 0.05) is 30.9 Å². The molecule has 2 rings (SSSR count). The molecule has 0 spiro atoms. The summed E-state index contributed by atoms with van der Waals surface area (Å²) in [4.78, 5) is 2.89. The Bertz CT molecular complexity index is 466. The van der Waals surface area contributed by atoms with Crippen LogP contribution in [0.2, 0.25) is 0 Å². The predicted octanol–water partition coefficient (Wildman–Crippen LogP) is 2.38. The molecule has 1 heterocycles. The normalized spacial score (nSPS) is 12.7. The van der Waals surface area contributed by atoms with Crippen LogP contribution in [0.1, 0.15) is 17.0 Å². The zero-order chi connectivity index (χ0) is 11.5. The van der Waals surface area contributed by atoms with Gasteiger partial charge in [0.2, 0.25) is 0 Å². The van der Waals surface area contributed by atoms with Gasteiger partial charge in [-0.1, -0.05) is 6.07 Å². The first kappa shape index (κ1) is 10.8. The molecule has 1 aromatic carbocycles. The Labute approximate surface area is 92.1 Å². The molecule has 2 nitrogen and oxygen atoms in total. The average Bonchev–Trinajstić information content (AvgIpc) is 2.75. The van der Waals surface area contributed by atoms with Gasteiger partial charge in [-0.25, -0.2) is 8.78 Å². The Morgan fingerprint density at radius 1 is 1.25 bits per heavy atom. The van der Waals surface area contributed by atoms with Gasteiger partial charge in [0.15, 0.2) is 0 Å². The van der Waals surface area contributed by atoms with Crippen LogP contribution >= 0.6 is 0 Å². The van der Waals surface area contributed by atoms with Crippen molar-refractivity contribution < 1.29 is 8.78 Å². The predicted molar refractivity (Wildman–Crippen MR) is 58.0 cm³/mol. The van der Waals surface area contributed by atoms with Crippen molar-refractivity contribution in [3.8, 4) is 0 Å². The number of nitrogens with two attached hydrogens (primary N) is 1. The summed E-state index contributed by atoms with van der Waals surface area (Å²) in [7, 11) is 0. The summed E-state index contributed by atoms with van der Waals surface area (Å²) in [6.45, 7) is 0.278. The molecule has 3 N–H and O–H groups in total. The van der Waals surface area contributed by atoms with Crippen LogP contribution in [0.3, 0.4) is 0 Å². The molecular formula is C12H12F2N2. The van der Waals surface area contributed by atoms with Crippen LogP contribution in [0, 0.1) is 11.6 Å². The lowest BCUT2D eigenvalue weighted by Crippen LogP contribution is -2.14. The average molecular weight is 222 g/mol. The Kier molecular flexibility index (Phi) is 3.01. The fourth-order valence-electron chi connectivity index (χ4n) is 1.78. The number of H-pyrrole nitrogens is 1. The topological polar surface area (TPSA) is 41.8 Å². The van der Waals surface area contributed by atoms with Gasteiger partial charge in [-0.05, 0) is 23.3 Å². The molecule has 4 heteroatoms. The van der Waals surface area contributed by atoms with Gasteiger partial charge < -0.3 is 10.7 Å². The van der Waals surface area contributed by atoms with Crippen LogP contribution < -0.4 is 5.73 Å². The van der Waals surface area contributed by atoms with Crippen LogP contribution in [0.15, 0.2) is 36.7 Å². The molecule has 2 aromatic rings. The van der Waals surface area contributed by atoms with E-state index in [0.29, 0.717) is 5.56 Å². The molecule has 0 aliphatic heterocycles. The number of halogens is 2. The molecule has 1 unspecified atom stereocenters. The summed E-state index contributed by atoms with van der Waals surface area (Å²) < 4.78 is 26.4. The Morgan fingerprint density at radius 2 is 2.06 bits per heavy atom. The van der Waals surface area contributed by atoms with Gasteiger partial charge in [-0.15, -0.1) is 0 Å². The van der Waals surface area contributed by atoms with Crippen molar-refractivity contribution in [2.24, 2.45) is 5.73 Å². The second kappa shape index (κ2) is 4.45. The number of rotatable bonds is 3. The van der Waals surface area contributed by atoms with Crippen molar-refractivity contribution in [1.82, 2.24) is 4.98 Å². The molecule has 1 atom stereocenters. The van der Waals surface area contributed by atoms with Crippen LogP contribution in [0.5, 0.6) is 0 Å². The highest BCUT2D eigenvalue weighted by Gasteiger charge is 2.17. The third kappa shape index (κ3) is 1.97. The van der Waals surface area contributed by atoms with E-state index >= 15 is 0 Å². The maximum Gasteiger partial charge on any atom is 0.129 e. The summed E-state index contributed by atoms with van der Waals surface area (Å²) in [6.07, 6.45) is 3.51. The first-order chi connectivity index (χ1) is 7.72. The van der Waals surface area contributed by atoms with Crippen molar-refractivity contribution in [3.63, 3.8) is 0 Å². The van der Waals surface area contributed by atoms with Gasteiger partial charge in [0.1, 0.15) is 11.6 Å². The fourth-order valence-corrected chi connectivity index (χ4v) is 1.78. The van der Waals surface area contributed by atoms with Crippen molar-refractivity contribution in [2.75, 3.05) is 6.54 Å². The van der Waals surface area contributed by atoms with Crippen LogP contribution in [0.25, 0.3) is 0 Å². The molecule has 0 aliphatic carbocycles. The van der Waals surface area contributed by atoms with Crippen molar-refractivity contribution in [2.45, 2.75) is 5.92 Å². The van der Waals surface area contributed by atoms with E-state index in [1.54, 1.807) is 12.4 Å². The SMILES string of the molecule is NCC(c1cc[nH]c1)c1ccc(F)cc1F. The first-order valence-electron chi connectivity index (χ1n) is 5.00. The zero-order valence-electron chi connectivity index (χ0n) is 8.58. The lowest BCUT2D eigenvalue weighted by atomic mass is 9.93. The number of nitrogens with one attached hydrogen (secondary N) is 1. The summed E-state index contributed by atoms with van der Waals surface area (Å²) in [5, 5.41) is 0. The minimum atomic E-state index is -0.578. The Hall–Kier alpha value is -1.68. The maximum atomic E-state index is 13.6. The highest BCUT2D eigenvalue weighted by Crippen LogP contribution is 2.25. The molecular weight excluding hydrogens is 210 g/mol. The van der Waals surface area contributed by atoms with Crippen molar-refractivity contribution in [3.05, 3.63) is 59.4 Å². The largest absolute Gasteiger partial charge is 0.367 e. The zero-order valence-corrected chi connectivity index (χ0v) is 8.58. The third-order valence-electron chi connectivity index (χ3n) is 2.60. The summed E-state index contributed by atoms with van der Waals surface area (Å²) in [5.74, 6) is -1.38. The van der Waals surface area contributed by atoms with Crippen molar-refractivity contribution >= 4 is 0 Å². The quantitative estimate of drug-likeness (QED) is 0.822. The number of benzene rings is 1. The van der Waals surface area contributed by atoms with E-state index in [-0.39, 0.29) is 12.5 Å². The first-order valence-corrected chi connectivity index (χ1v) is 5.00. The second-order valence-electron chi connectivity index (χ2n) is 3.60. The van der Waals surface area contributed by atoms with Crippen molar-refractivity contribution in [1.29, 1.82) is 0 Å². The molecule has 84 valence electrons. The molecule has 0 fully saturated rings. The van der Waals surface area contributed by atoms with Crippen LogP contribution in [0.4, 0.5) is 8.78 Å². The molecule has 1 aromatic heterocycles. The minimum Gasteiger partial charge on any atom is -0.367 e. The van der Waals surface area contributed by atoms with Gasteiger partial charge in [-0.2, -0.15) is 0 Å². The van der Waals surface area contributed by atoms with Gasteiger partial charge in [0.25, 0.3) is 0 Å². The Balaban J connectivity index is 2.41. The second-order valence-corrected chi connectivity index (χ2v) is 3.60. The number of hydrogen-bond acceptors (Lipinski definition) is 1. The van der Waals surface area contributed by atoms with E-state index in [4.69, 9.17) is 5.73 Å². The lowest BCUT2D eigenvalue weighted by Gasteiger charge is -2.14. The third-order valence-corrected chi connectivity index (χ3v) is 2.60. The molecule has 0 aliphatic rings. The highest BCUT2D eigenvalue weighted by molar-refractivity contribution is 5.32. The van der Waals surface area contributed by atoms with E-state index in [2.05, 4.69) is 4.98 Å². The summed E-state index contributed by atoms with van der Waals surface area (Å²) >= 11 is 0. The monoisotopic (exact) mass is 222 g/mol. The van der Waals surface area contributed by atoms with Gasteiger partial charge >= 0.3 is 0 Å².